The van der Waals surface area contributed by atoms with Crippen molar-refractivity contribution in [3.05, 3.63) is 89.7 Å². The molecule has 1 N–H and O–H groups in total. The molecule has 1 fully saturated rings. The highest BCUT2D eigenvalue weighted by molar-refractivity contribution is 5.85. The van der Waals surface area contributed by atoms with E-state index in [2.05, 4.69) is 46.8 Å². The van der Waals surface area contributed by atoms with Crippen molar-refractivity contribution in [2.75, 3.05) is 19.6 Å². The van der Waals surface area contributed by atoms with E-state index in [9.17, 15) is 4.79 Å². The predicted octanol–water partition coefficient (Wildman–Crippen LogP) is 3.42. The minimum Gasteiger partial charge on any atom is -0.338 e. The van der Waals surface area contributed by atoms with E-state index >= 15 is 0 Å². The van der Waals surface area contributed by atoms with E-state index in [-0.39, 0.29) is 30.2 Å². The Morgan fingerprint density at radius 1 is 1.07 bits per heavy atom. The van der Waals surface area contributed by atoms with Crippen molar-refractivity contribution in [2.45, 2.75) is 18.9 Å². The second-order valence-electron chi connectivity index (χ2n) is 7.80. The number of aryl methyl sites for hydroxylation is 1. The number of halogens is 1. The molecule has 1 aromatic heterocycles. The van der Waals surface area contributed by atoms with Crippen molar-refractivity contribution in [2.24, 2.45) is 13.0 Å². The summed E-state index contributed by atoms with van der Waals surface area (Å²) in [4.78, 5) is 15.7. The number of carbonyl (C=O) groups is 1. The van der Waals surface area contributed by atoms with Crippen LogP contribution in [0.4, 0.5) is 0 Å². The van der Waals surface area contributed by atoms with Crippen molar-refractivity contribution in [1.29, 1.82) is 0 Å². The third-order valence-electron chi connectivity index (χ3n) is 5.73. The van der Waals surface area contributed by atoms with Crippen LogP contribution in [0.1, 0.15) is 22.6 Å². The lowest BCUT2D eigenvalue weighted by molar-refractivity contribution is -0.136. The highest BCUT2D eigenvalue weighted by Gasteiger charge is 2.37. The van der Waals surface area contributed by atoms with E-state index < -0.39 is 0 Å². The van der Waals surface area contributed by atoms with Crippen LogP contribution in [0.5, 0.6) is 0 Å². The number of amides is 1. The first-order valence-corrected chi connectivity index (χ1v) is 10.3. The molecule has 0 aliphatic carbocycles. The molecule has 2 atom stereocenters. The van der Waals surface area contributed by atoms with Crippen molar-refractivity contribution in [3.63, 3.8) is 0 Å². The number of carbonyl (C=O) groups excluding carboxylic acids is 1. The van der Waals surface area contributed by atoms with Crippen molar-refractivity contribution in [1.82, 2.24) is 20.0 Å². The highest BCUT2D eigenvalue weighted by atomic mass is 35.5. The van der Waals surface area contributed by atoms with Gasteiger partial charge in [-0.15, -0.1) is 12.4 Å². The van der Waals surface area contributed by atoms with Gasteiger partial charge in [0.25, 0.3) is 0 Å². The molecule has 30 heavy (non-hydrogen) atoms. The summed E-state index contributed by atoms with van der Waals surface area (Å²) < 4.78 is 1.81. The summed E-state index contributed by atoms with van der Waals surface area (Å²) in [5, 5.41) is 7.73. The van der Waals surface area contributed by atoms with Crippen LogP contribution in [0.15, 0.2) is 73.1 Å². The molecule has 158 valence electrons. The maximum absolute atomic E-state index is 13.6. The molecule has 6 heteroatoms. The lowest BCUT2D eigenvalue weighted by atomic mass is 9.89. The van der Waals surface area contributed by atoms with Gasteiger partial charge < -0.3 is 10.2 Å². The second-order valence-corrected chi connectivity index (χ2v) is 7.80. The third-order valence-corrected chi connectivity index (χ3v) is 5.73. The zero-order chi connectivity index (χ0) is 20.1. The van der Waals surface area contributed by atoms with Crippen LogP contribution in [0, 0.1) is 5.92 Å². The zero-order valence-electron chi connectivity index (χ0n) is 17.3. The Labute approximate surface area is 184 Å². The van der Waals surface area contributed by atoms with Gasteiger partial charge in [0.05, 0.1) is 12.1 Å². The average Bonchev–Trinajstić information content (AvgIpc) is 3.41. The molecule has 0 bridgehead atoms. The Morgan fingerprint density at radius 3 is 2.37 bits per heavy atom. The Balaban J connectivity index is 0.00000256. The summed E-state index contributed by atoms with van der Waals surface area (Å²) in [6.07, 6.45) is 4.78. The van der Waals surface area contributed by atoms with Crippen molar-refractivity contribution < 1.29 is 4.79 Å². The molecule has 3 aromatic rings. The molecule has 0 unspecified atom stereocenters. The molecule has 4 rings (SSSR count). The number of benzene rings is 2. The van der Waals surface area contributed by atoms with E-state index in [1.54, 1.807) is 0 Å². The molecule has 0 saturated carbocycles. The lowest BCUT2D eigenvalue weighted by Gasteiger charge is -2.28. The molecule has 1 aliphatic heterocycles. The lowest BCUT2D eigenvalue weighted by Crippen LogP contribution is -2.39. The average molecular weight is 425 g/mol. The number of aromatic nitrogens is 2. The Kier molecular flexibility index (Phi) is 7.66. The second kappa shape index (κ2) is 10.4. The number of nitrogens with zero attached hydrogens (tertiary/aromatic N) is 3. The fourth-order valence-electron chi connectivity index (χ4n) is 4.13. The van der Waals surface area contributed by atoms with Gasteiger partial charge >= 0.3 is 0 Å². The van der Waals surface area contributed by atoms with Crippen molar-refractivity contribution in [3.8, 4) is 0 Å². The van der Waals surface area contributed by atoms with Crippen LogP contribution in [0.3, 0.4) is 0 Å². The van der Waals surface area contributed by atoms with Gasteiger partial charge in [0.15, 0.2) is 0 Å². The van der Waals surface area contributed by atoms with Crippen LogP contribution in [-0.4, -0.2) is 40.2 Å². The molecule has 2 heterocycles. The first-order valence-electron chi connectivity index (χ1n) is 10.3. The molecule has 1 aliphatic rings. The van der Waals surface area contributed by atoms with Gasteiger partial charge in [-0.25, -0.2) is 0 Å². The molecular weight excluding hydrogens is 396 g/mol. The van der Waals surface area contributed by atoms with Gasteiger partial charge in [0.1, 0.15) is 0 Å². The quantitative estimate of drug-likeness (QED) is 0.632. The predicted molar refractivity (Wildman–Crippen MR) is 122 cm³/mol. The summed E-state index contributed by atoms with van der Waals surface area (Å²) in [6, 6.07) is 20.6. The summed E-state index contributed by atoms with van der Waals surface area (Å²) in [5.74, 6) is 0.341. The number of rotatable bonds is 7. The van der Waals surface area contributed by atoms with Gasteiger partial charge in [0, 0.05) is 45.3 Å². The molecule has 0 spiro atoms. The minimum absolute atomic E-state index is 0. The normalized spacial score (nSPS) is 18.0. The summed E-state index contributed by atoms with van der Waals surface area (Å²) in [5.41, 5.74) is 3.56. The monoisotopic (exact) mass is 424 g/mol. The Bertz CT molecular complexity index is 929. The van der Waals surface area contributed by atoms with Gasteiger partial charge in [0.2, 0.25) is 5.91 Å². The van der Waals surface area contributed by atoms with E-state index in [1.807, 2.05) is 53.3 Å². The first-order chi connectivity index (χ1) is 14.2. The number of hydrogen-bond donors (Lipinski definition) is 1. The molecule has 0 radical (unpaired) electrons. The van der Waals surface area contributed by atoms with Gasteiger partial charge in [-0.1, -0.05) is 60.7 Å². The SMILES string of the molecule is Cl.Cn1cc([C@H]2CNC[C@@H]2C(=O)N(CCc2ccccc2)Cc2ccccc2)cn1. The first kappa shape index (κ1) is 22.1. The topological polar surface area (TPSA) is 50.2 Å². The largest absolute Gasteiger partial charge is 0.338 e. The molecule has 1 saturated heterocycles. The third kappa shape index (κ3) is 5.29. The maximum atomic E-state index is 13.6. The van der Waals surface area contributed by atoms with Crippen LogP contribution in [0.25, 0.3) is 0 Å². The van der Waals surface area contributed by atoms with E-state index in [1.165, 1.54) is 5.56 Å². The van der Waals surface area contributed by atoms with Crippen LogP contribution < -0.4 is 5.32 Å². The molecular formula is C24H29ClN4O. The molecule has 5 nitrogen and oxygen atoms in total. The van der Waals surface area contributed by atoms with Crippen LogP contribution in [-0.2, 0) is 24.8 Å². The highest BCUT2D eigenvalue weighted by Crippen LogP contribution is 2.30. The fourth-order valence-corrected chi connectivity index (χ4v) is 4.13. The Morgan fingerprint density at radius 2 is 1.73 bits per heavy atom. The summed E-state index contributed by atoms with van der Waals surface area (Å²) in [6.45, 7) is 2.89. The number of hydrogen-bond acceptors (Lipinski definition) is 3. The summed E-state index contributed by atoms with van der Waals surface area (Å²) in [7, 11) is 1.92. The minimum atomic E-state index is -0.0568. The summed E-state index contributed by atoms with van der Waals surface area (Å²) >= 11 is 0. The zero-order valence-corrected chi connectivity index (χ0v) is 18.1. The fraction of sp³-hybridized carbons (Fsp3) is 0.333. The van der Waals surface area contributed by atoms with E-state index in [0.29, 0.717) is 13.1 Å². The Hall–Kier alpha value is -2.63. The van der Waals surface area contributed by atoms with Crippen molar-refractivity contribution >= 4 is 18.3 Å². The van der Waals surface area contributed by atoms with Crippen LogP contribution in [0.2, 0.25) is 0 Å². The van der Waals surface area contributed by atoms with Gasteiger partial charge in [-0.3, -0.25) is 9.48 Å². The molecule has 2 aromatic carbocycles. The molecule has 1 amide bonds. The van der Waals surface area contributed by atoms with E-state index in [0.717, 1.165) is 30.6 Å². The van der Waals surface area contributed by atoms with Gasteiger partial charge in [-0.05, 0) is 23.1 Å². The van der Waals surface area contributed by atoms with E-state index in [4.69, 9.17) is 0 Å². The maximum Gasteiger partial charge on any atom is 0.227 e. The van der Waals surface area contributed by atoms with Crippen LogP contribution >= 0.6 is 12.4 Å². The van der Waals surface area contributed by atoms with Gasteiger partial charge in [-0.2, -0.15) is 5.10 Å². The standard InChI is InChI=1S/C24H28N4O.ClH/c1-27-18-21(14-26-27)22-15-25-16-23(22)24(29)28(17-20-10-6-3-7-11-20)13-12-19-8-4-2-5-9-19;/h2-11,14,18,22-23,25H,12-13,15-17H2,1H3;1H/t22-,23+;/m1./s1. The number of nitrogens with one attached hydrogen (secondary N) is 1. The smallest absolute Gasteiger partial charge is 0.227 e.